The zero-order chi connectivity index (χ0) is 19.5. The fourth-order valence-electron chi connectivity index (χ4n) is 4.25. The van der Waals surface area contributed by atoms with Crippen LogP contribution in [0.2, 0.25) is 0 Å². The summed E-state index contributed by atoms with van der Waals surface area (Å²) in [4.78, 5) is 7.08. The highest BCUT2D eigenvalue weighted by Crippen LogP contribution is 2.39. The molecule has 0 radical (unpaired) electrons. The van der Waals surface area contributed by atoms with E-state index in [-0.39, 0.29) is 11.9 Å². The third-order valence-corrected chi connectivity index (χ3v) is 5.64. The van der Waals surface area contributed by atoms with Crippen LogP contribution in [0.1, 0.15) is 30.5 Å². The molecule has 1 aliphatic heterocycles. The molecule has 0 amide bonds. The Kier molecular flexibility index (Phi) is 5.55. The van der Waals surface area contributed by atoms with Crippen LogP contribution in [-0.2, 0) is 0 Å². The normalized spacial score (nSPS) is 18.9. The van der Waals surface area contributed by atoms with Gasteiger partial charge in [0.05, 0.1) is 13.2 Å². The van der Waals surface area contributed by atoms with Gasteiger partial charge in [-0.25, -0.2) is 4.39 Å². The Hall–Kier alpha value is -2.50. The van der Waals surface area contributed by atoms with Crippen LogP contribution in [0.25, 0.3) is 10.9 Å². The Morgan fingerprint density at radius 2 is 2.04 bits per heavy atom. The smallest absolute Gasteiger partial charge is 0.150 e. The van der Waals surface area contributed by atoms with E-state index in [2.05, 4.69) is 34.3 Å². The summed E-state index contributed by atoms with van der Waals surface area (Å²) in [6, 6.07) is 15.4. The van der Waals surface area contributed by atoms with Crippen molar-refractivity contribution in [3.8, 4) is 5.75 Å². The third-order valence-electron chi connectivity index (χ3n) is 5.64. The number of aromatic nitrogens is 1. The summed E-state index contributed by atoms with van der Waals surface area (Å²) < 4.78 is 19.5. The number of halogens is 1. The van der Waals surface area contributed by atoms with Crippen molar-refractivity contribution in [3.05, 3.63) is 71.7 Å². The summed E-state index contributed by atoms with van der Waals surface area (Å²) >= 11 is 0. The van der Waals surface area contributed by atoms with Gasteiger partial charge in [-0.15, -0.1) is 0 Å². The lowest BCUT2D eigenvalue weighted by atomic mass is 9.92. The monoisotopic (exact) mass is 379 g/mol. The van der Waals surface area contributed by atoms with E-state index in [1.54, 1.807) is 13.3 Å². The number of rotatable bonds is 5. The van der Waals surface area contributed by atoms with E-state index in [4.69, 9.17) is 4.74 Å². The first-order valence-corrected chi connectivity index (χ1v) is 9.86. The minimum absolute atomic E-state index is 0.0194. The summed E-state index contributed by atoms with van der Waals surface area (Å²) in [5.74, 6) is 0.572. The zero-order valence-corrected chi connectivity index (χ0v) is 16.4. The van der Waals surface area contributed by atoms with Gasteiger partial charge in [-0.05, 0) is 30.2 Å². The number of nitrogens with one attached hydrogen (secondary N) is 1. The topological polar surface area (TPSA) is 37.4 Å². The Morgan fingerprint density at radius 1 is 1.21 bits per heavy atom. The van der Waals surface area contributed by atoms with Crippen molar-refractivity contribution in [2.24, 2.45) is 0 Å². The molecule has 146 valence electrons. The van der Waals surface area contributed by atoms with Crippen LogP contribution in [-0.4, -0.2) is 42.7 Å². The van der Waals surface area contributed by atoms with Gasteiger partial charge in [0.2, 0.25) is 0 Å². The molecule has 2 aromatic carbocycles. The second-order valence-corrected chi connectivity index (χ2v) is 7.22. The van der Waals surface area contributed by atoms with Crippen LogP contribution in [0.3, 0.4) is 0 Å². The molecule has 0 spiro atoms. The SMILES string of the molecule is CCC1CNCCN1C(c1ccc(F)cc1)c1ccc2cccnc2c1OC. The van der Waals surface area contributed by atoms with Crippen molar-refractivity contribution in [1.82, 2.24) is 15.2 Å². The summed E-state index contributed by atoms with van der Waals surface area (Å²) in [7, 11) is 1.70. The molecular weight excluding hydrogens is 353 g/mol. The molecule has 4 nitrogen and oxygen atoms in total. The molecule has 2 atom stereocenters. The van der Waals surface area contributed by atoms with E-state index in [0.717, 1.165) is 53.8 Å². The highest BCUT2D eigenvalue weighted by Gasteiger charge is 2.32. The molecule has 1 saturated heterocycles. The van der Waals surface area contributed by atoms with Gasteiger partial charge in [0.15, 0.2) is 0 Å². The second-order valence-electron chi connectivity index (χ2n) is 7.22. The van der Waals surface area contributed by atoms with Crippen LogP contribution in [0.5, 0.6) is 5.75 Å². The van der Waals surface area contributed by atoms with E-state index in [1.807, 2.05) is 24.3 Å². The molecule has 0 aliphatic carbocycles. The van der Waals surface area contributed by atoms with Gasteiger partial charge >= 0.3 is 0 Å². The van der Waals surface area contributed by atoms with Gasteiger partial charge < -0.3 is 10.1 Å². The Morgan fingerprint density at radius 3 is 2.79 bits per heavy atom. The van der Waals surface area contributed by atoms with Crippen LogP contribution in [0, 0.1) is 5.82 Å². The van der Waals surface area contributed by atoms with Gasteiger partial charge in [-0.1, -0.05) is 37.3 Å². The maximum atomic E-state index is 13.6. The average Bonchev–Trinajstić information content (AvgIpc) is 2.75. The summed E-state index contributed by atoms with van der Waals surface area (Å²) in [5, 5.41) is 4.54. The minimum Gasteiger partial charge on any atom is -0.494 e. The molecule has 0 saturated carbocycles. The van der Waals surface area contributed by atoms with Crippen LogP contribution < -0.4 is 10.1 Å². The van der Waals surface area contributed by atoms with E-state index < -0.39 is 0 Å². The molecule has 5 heteroatoms. The van der Waals surface area contributed by atoms with Crippen LogP contribution >= 0.6 is 0 Å². The fraction of sp³-hybridized carbons (Fsp3) is 0.348. The lowest BCUT2D eigenvalue weighted by Gasteiger charge is -2.42. The molecule has 1 N–H and O–H groups in total. The van der Waals surface area contributed by atoms with Gasteiger partial charge in [-0.2, -0.15) is 0 Å². The van der Waals surface area contributed by atoms with Crippen molar-refractivity contribution >= 4 is 10.9 Å². The number of fused-ring (bicyclic) bond motifs is 1. The van der Waals surface area contributed by atoms with Gasteiger partial charge in [-0.3, -0.25) is 9.88 Å². The standard InChI is InChI=1S/C23H26FN3O/c1-3-19-15-25-13-14-27(19)22(17-6-9-18(24)10-7-17)20-11-8-16-5-4-12-26-21(16)23(20)28-2/h4-12,19,22,25H,3,13-15H2,1-2H3. The Labute approximate surface area is 165 Å². The minimum atomic E-state index is -0.220. The van der Waals surface area contributed by atoms with Gasteiger partial charge in [0, 0.05) is 42.8 Å². The summed E-state index contributed by atoms with van der Waals surface area (Å²) in [6.07, 6.45) is 2.83. The predicted octanol–water partition coefficient (Wildman–Crippen LogP) is 4.16. The van der Waals surface area contributed by atoms with Gasteiger partial charge in [0.1, 0.15) is 17.1 Å². The number of nitrogens with zero attached hydrogens (tertiary/aromatic N) is 2. The van der Waals surface area contributed by atoms with E-state index in [0.29, 0.717) is 6.04 Å². The average molecular weight is 379 g/mol. The summed E-state index contributed by atoms with van der Waals surface area (Å²) in [6.45, 7) is 5.01. The van der Waals surface area contributed by atoms with Crippen molar-refractivity contribution in [1.29, 1.82) is 0 Å². The largest absolute Gasteiger partial charge is 0.494 e. The Balaban J connectivity index is 1.90. The van der Waals surface area contributed by atoms with Crippen molar-refractivity contribution in [2.75, 3.05) is 26.7 Å². The molecule has 1 aliphatic rings. The predicted molar refractivity (Wildman–Crippen MR) is 110 cm³/mol. The molecule has 3 aromatic rings. The first-order valence-electron chi connectivity index (χ1n) is 9.86. The number of ether oxygens (including phenoxy) is 1. The molecular formula is C23H26FN3O. The maximum absolute atomic E-state index is 13.6. The van der Waals surface area contributed by atoms with Crippen molar-refractivity contribution < 1.29 is 9.13 Å². The number of methoxy groups -OCH3 is 1. The molecule has 0 bridgehead atoms. The van der Waals surface area contributed by atoms with Crippen LogP contribution in [0.15, 0.2) is 54.7 Å². The number of pyridine rings is 1. The number of hydrogen-bond acceptors (Lipinski definition) is 4. The molecule has 2 unspecified atom stereocenters. The van der Waals surface area contributed by atoms with E-state index >= 15 is 0 Å². The highest BCUT2D eigenvalue weighted by molar-refractivity contribution is 5.86. The van der Waals surface area contributed by atoms with Crippen molar-refractivity contribution in [2.45, 2.75) is 25.4 Å². The quantitative estimate of drug-likeness (QED) is 0.722. The molecule has 4 rings (SSSR count). The zero-order valence-electron chi connectivity index (χ0n) is 16.4. The Bertz CT molecular complexity index is 944. The maximum Gasteiger partial charge on any atom is 0.150 e. The van der Waals surface area contributed by atoms with E-state index in [9.17, 15) is 4.39 Å². The highest BCUT2D eigenvalue weighted by atomic mass is 19.1. The molecule has 28 heavy (non-hydrogen) atoms. The summed E-state index contributed by atoms with van der Waals surface area (Å²) in [5.41, 5.74) is 2.99. The van der Waals surface area contributed by atoms with Crippen LogP contribution in [0.4, 0.5) is 4.39 Å². The van der Waals surface area contributed by atoms with E-state index in [1.165, 1.54) is 12.1 Å². The fourth-order valence-corrected chi connectivity index (χ4v) is 4.25. The van der Waals surface area contributed by atoms with Gasteiger partial charge in [0.25, 0.3) is 0 Å². The lowest BCUT2D eigenvalue weighted by Crippen LogP contribution is -2.52. The molecule has 2 heterocycles. The lowest BCUT2D eigenvalue weighted by molar-refractivity contribution is 0.120. The first kappa shape index (κ1) is 18.8. The number of benzene rings is 2. The first-order chi connectivity index (χ1) is 13.7. The van der Waals surface area contributed by atoms with Crippen molar-refractivity contribution in [3.63, 3.8) is 0 Å². The molecule has 1 fully saturated rings. The number of piperazine rings is 1. The number of hydrogen-bond donors (Lipinski definition) is 1. The molecule has 1 aromatic heterocycles. The third kappa shape index (κ3) is 3.48. The second kappa shape index (κ2) is 8.25.